The second-order valence-corrected chi connectivity index (χ2v) is 9.00. The molecule has 0 amide bonds. The predicted octanol–water partition coefficient (Wildman–Crippen LogP) is 7.92. The molecule has 5 nitrogen and oxygen atoms in total. The van der Waals surface area contributed by atoms with Gasteiger partial charge in [0.15, 0.2) is 0 Å². The lowest BCUT2D eigenvalue weighted by molar-refractivity contribution is 0.446. The summed E-state index contributed by atoms with van der Waals surface area (Å²) in [5, 5.41) is 30.7. The Labute approximate surface area is 206 Å². The Morgan fingerprint density at radius 2 is 1.09 bits per heavy atom. The van der Waals surface area contributed by atoms with Crippen molar-refractivity contribution in [1.82, 2.24) is 0 Å². The van der Waals surface area contributed by atoms with Crippen molar-refractivity contribution >= 4 is 17.1 Å². The van der Waals surface area contributed by atoms with Gasteiger partial charge in [-0.1, -0.05) is 12.1 Å². The minimum Gasteiger partial charge on any atom is -0.508 e. The molecule has 35 heavy (non-hydrogen) atoms. The zero-order chi connectivity index (χ0) is 25.4. The molecule has 0 aromatic heterocycles. The molecule has 3 N–H and O–H groups in total. The molecule has 0 radical (unpaired) electrons. The van der Waals surface area contributed by atoms with Crippen LogP contribution in [0.25, 0.3) is 0 Å². The molecule has 180 valence electrons. The van der Waals surface area contributed by atoms with Crippen molar-refractivity contribution in [2.45, 2.75) is 41.5 Å². The number of phenolic OH excluding ortho intramolecular Hbond substituents is 3. The van der Waals surface area contributed by atoms with Gasteiger partial charge in [-0.3, -0.25) is 0 Å². The number of ether oxygens (including phenoxy) is 1. The maximum absolute atomic E-state index is 10.3. The van der Waals surface area contributed by atoms with E-state index in [0.29, 0.717) is 17.1 Å². The molecule has 0 fully saturated rings. The van der Waals surface area contributed by atoms with Gasteiger partial charge in [0.25, 0.3) is 0 Å². The Kier molecular flexibility index (Phi) is 6.35. The summed E-state index contributed by atoms with van der Waals surface area (Å²) < 4.78 is 6.26. The fourth-order valence-corrected chi connectivity index (χ4v) is 4.25. The maximum atomic E-state index is 10.3. The van der Waals surface area contributed by atoms with Crippen molar-refractivity contribution in [3.05, 3.63) is 94.0 Å². The van der Waals surface area contributed by atoms with Gasteiger partial charge in [0.05, 0.1) is 0 Å². The first-order chi connectivity index (χ1) is 16.6. The lowest BCUT2D eigenvalue weighted by atomic mass is 10.0. The van der Waals surface area contributed by atoms with E-state index in [1.54, 1.807) is 18.2 Å². The third kappa shape index (κ3) is 4.37. The lowest BCUT2D eigenvalue weighted by Crippen LogP contribution is -2.14. The molecule has 0 spiro atoms. The molecular weight excluding hydrogens is 438 g/mol. The van der Waals surface area contributed by atoms with E-state index in [0.717, 1.165) is 44.9 Å². The molecule has 0 aliphatic heterocycles. The zero-order valence-corrected chi connectivity index (χ0v) is 21.0. The second kappa shape index (κ2) is 9.26. The minimum atomic E-state index is 0.189. The Hall–Kier alpha value is -4.12. The molecule has 4 aromatic rings. The number of aromatic hydroxyl groups is 3. The van der Waals surface area contributed by atoms with Gasteiger partial charge >= 0.3 is 0 Å². The van der Waals surface area contributed by atoms with Crippen LogP contribution in [0.3, 0.4) is 0 Å². The van der Waals surface area contributed by atoms with E-state index in [4.69, 9.17) is 4.74 Å². The highest BCUT2D eigenvalue weighted by Gasteiger charge is 2.21. The number of rotatable bonds is 5. The number of phenols is 3. The summed E-state index contributed by atoms with van der Waals surface area (Å²) in [4.78, 5) is 2.11. The van der Waals surface area contributed by atoms with Crippen molar-refractivity contribution in [3.8, 4) is 28.7 Å². The number of anilines is 3. The van der Waals surface area contributed by atoms with Crippen LogP contribution in [-0.2, 0) is 0 Å². The van der Waals surface area contributed by atoms with Crippen molar-refractivity contribution in [3.63, 3.8) is 0 Å². The summed E-state index contributed by atoms with van der Waals surface area (Å²) in [6.07, 6.45) is 0. The molecule has 4 aromatic carbocycles. The lowest BCUT2D eigenvalue weighted by Gasteiger charge is -2.30. The van der Waals surface area contributed by atoms with Crippen molar-refractivity contribution in [1.29, 1.82) is 0 Å². The van der Waals surface area contributed by atoms with Gasteiger partial charge in [-0.2, -0.15) is 0 Å². The van der Waals surface area contributed by atoms with Gasteiger partial charge in [0.2, 0.25) is 0 Å². The average molecular weight is 470 g/mol. The largest absolute Gasteiger partial charge is 0.508 e. The summed E-state index contributed by atoms with van der Waals surface area (Å²) in [5.74, 6) is 1.94. The van der Waals surface area contributed by atoms with Crippen LogP contribution in [-0.4, -0.2) is 15.3 Å². The molecule has 4 rings (SSSR count). The molecule has 5 heteroatoms. The first-order valence-electron chi connectivity index (χ1n) is 11.6. The Morgan fingerprint density at radius 3 is 1.66 bits per heavy atom. The standard InChI is InChI=1S/C30H31NO4/c1-17-10-13-29(34)22(6)30(17)35-24-9-7-8-23(16-24)31(25-11-14-27(32)20(4)18(25)2)26-12-15-28(33)21(5)19(26)3/h7-16,32-34H,1-6H3. The highest BCUT2D eigenvalue weighted by Crippen LogP contribution is 2.44. The van der Waals surface area contributed by atoms with Crippen molar-refractivity contribution in [2.75, 3.05) is 4.90 Å². The number of hydrogen-bond donors (Lipinski definition) is 3. The average Bonchev–Trinajstić information content (AvgIpc) is 2.84. The minimum absolute atomic E-state index is 0.189. The number of hydrogen-bond acceptors (Lipinski definition) is 5. The van der Waals surface area contributed by atoms with Crippen molar-refractivity contribution in [2.24, 2.45) is 0 Å². The number of benzene rings is 4. The van der Waals surface area contributed by atoms with Gasteiger partial charge in [-0.15, -0.1) is 0 Å². The molecule has 0 unspecified atom stereocenters. The SMILES string of the molecule is Cc1ccc(O)c(C)c1Oc1cccc(N(c2ccc(O)c(C)c2C)c2ccc(O)c(C)c2C)c1. The summed E-state index contributed by atoms with van der Waals surface area (Å²) in [6.45, 7) is 11.5. The van der Waals surface area contributed by atoms with E-state index in [1.807, 2.05) is 84.0 Å². The number of nitrogens with zero attached hydrogens (tertiary/aromatic N) is 1. The highest BCUT2D eigenvalue weighted by atomic mass is 16.5. The second-order valence-electron chi connectivity index (χ2n) is 9.00. The molecule has 0 saturated carbocycles. The predicted molar refractivity (Wildman–Crippen MR) is 141 cm³/mol. The number of aryl methyl sites for hydroxylation is 1. The quantitative estimate of drug-likeness (QED) is 0.277. The van der Waals surface area contributed by atoms with E-state index in [1.165, 1.54) is 0 Å². The Bertz CT molecular complexity index is 1370. The molecule has 0 aliphatic carbocycles. The van der Waals surface area contributed by atoms with E-state index < -0.39 is 0 Å². The van der Waals surface area contributed by atoms with Crippen LogP contribution < -0.4 is 9.64 Å². The fourth-order valence-electron chi connectivity index (χ4n) is 4.25. The molecule has 0 bridgehead atoms. The molecule has 0 saturated heterocycles. The Balaban J connectivity index is 1.90. The monoisotopic (exact) mass is 469 g/mol. The van der Waals surface area contributed by atoms with Gasteiger partial charge < -0.3 is 25.0 Å². The van der Waals surface area contributed by atoms with E-state index in [-0.39, 0.29) is 17.2 Å². The third-order valence-corrected chi connectivity index (χ3v) is 6.81. The first-order valence-corrected chi connectivity index (χ1v) is 11.6. The summed E-state index contributed by atoms with van der Waals surface area (Å²) >= 11 is 0. The van der Waals surface area contributed by atoms with Crippen LogP contribution in [0, 0.1) is 41.5 Å². The molecular formula is C30H31NO4. The van der Waals surface area contributed by atoms with Crippen LogP contribution in [0.2, 0.25) is 0 Å². The normalized spacial score (nSPS) is 10.9. The first kappa shape index (κ1) is 24.0. The molecule has 0 aliphatic rings. The van der Waals surface area contributed by atoms with Crippen molar-refractivity contribution < 1.29 is 20.1 Å². The van der Waals surface area contributed by atoms with Crippen LogP contribution in [0.1, 0.15) is 33.4 Å². The summed E-state index contributed by atoms with van der Waals surface area (Å²) in [5.41, 5.74) is 7.80. The smallest absolute Gasteiger partial charge is 0.136 e. The van der Waals surface area contributed by atoms with E-state index in [2.05, 4.69) is 4.90 Å². The fraction of sp³-hybridized carbons (Fsp3) is 0.200. The van der Waals surface area contributed by atoms with E-state index >= 15 is 0 Å². The van der Waals surface area contributed by atoms with Crippen LogP contribution >= 0.6 is 0 Å². The summed E-state index contributed by atoms with van der Waals surface area (Å²) in [6, 6.07) is 18.5. The van der Waals surface area contributed by atoms with Gasteiger partial charge in [-0.25, -0.2) is 0 Å². The van der Waals surface area contributed by atoms with Crippen LogP contribution in [0.5, 0.6) is 28.7 Å². The van der Waals surface area contributed by atoms with Crippen LogP contribution in [0.15, 0.2) is 60.7 Å². The van der Waals surface area contributed by atoms with Gasteiger partial charge in [0.1, 0.15) is 28.7 Å². The highest BCUT2D eigenvalue weighted by molar-refractivity contribution is 5.82. The van der Waals surface area contributed by atoms with Gasteiger partial charge in [0, 0.05) is 28.7 Å². The topological polar surface area (TPSA) is 73.2 Å². The maximum Gasteiger partial charge on any atom is 0.136 e. The molecule has 0 heterocycles. The molecule has 0 atom stereocenters. The van der Waals surface area contributed by atoms with Gasteiger partial charge in [-0.05, 0) is 112 Å². The third-order valence-electron chi connectivity index (χ3n) is 6.81. The Morgan fingerprint density at radius 1 is 0.571 bits per heavy atom. The van der Waals surface area contributed by atoms with Crippen LogP contribution in [0.4, 0.5) is 17.1 Å². The summed E-state index contributed by atoms with van der Waals surface area (Å²) in [7, 11) is 0. The zero-order valence-electron chi connectivity index (χ0n) is 21.0. The van der Waals surface area contributed by atoms with E-state index in [9.17, 15) is 15.3 Å².